The van der Waals surface area contributed by atoms with Crippen molar-refractivity contribution in [3.05, 3.63) is 70.8 Å². The molecule has 4 rings (SSSR count). The van der Waals surface area contributed by atoms with Crippen molar-refractivity contribution in [1.29, 1.82) is 5.26 Å². The number of nitrogens with one attached hydrogen (secondary N) is 1. The first-order valence-electron chi connectivity index (χ1n) is 10.2. The van der Waals surface area contributed by atoms with E-state index in [0.29, 0.717) is 47.1 Å². The quantitative estimate of drug-likeness (QED) is 0.617. The normalized spacial score (nSPS) is 16.6. The first-order valence-corrected chi connectivity index (χ1v) is 10.2. The number of amidine groups is 1. The van der Waals surface area contributed by atoms with Crippen LogP contribution in [0.3, 0.4) is 0 Å². The first-order chi connectivity index (χ1) is 15.1. The maximum Gasteiger partial charge on any atom is 0.266 e. The molecule has 0 aliphatic carbocycles. The van der Waals surface area contributed by atoms with Gasteiger partial charge in [0.2, 0.25) is 0 Å². The summed E-state index contributed by atoms with van der Waals surface area (Å²) in [6.45, 7) is 1.29. The monoisotopic (exact) mass is 414 g/mol. The van der Waals surface area contributed by atoms with Crippen LogP contribution in [0.25, 0.3) is 5.70 Å². The highest BCUT2D eigenvalue weighted by atomic mass is 16.5. The summed E-state index contributed by atoms with van der Waals surface area (Å²) in [6.07, 6.45) is 2.95. The van der Waals surface area contributed by atoms with Gasteiger partial charge in [0, 0.05) is 29.8 Å². The maximum atomic E-state index is 13.0. The number of hydrogen-bond donors (Lipinski definition) is 1. The van der Waals surface area contributed by atoms with E-state index in [1.807, 2.05) is 24.3 Å². The van der Waals surface area contributed by atoms with Crippen LogP contribution in [0.5, 0.6) is 5.75 Å². The Balaban J connectivity index is 1.67. The van der Waals surface area contributed by atoms with Crippen molar-refractivity contribution in [3.63, 3.8) is 0 Å². The van der Waals surface area contributed by atoms with Crippen LogP contribution in [0, 0.1) is 11.3 Å². The predicted octanol–water partition coefficient (Wildman–Crippen LogP) is 3.13. The van der Waals surface area contributed by atoms with Crippen molar-refractivity contribution in [2.45, 2.75) is 19.3 Å². The molecule has 0 aromatic heterocycles. The molecular weight excluding hydrogens is 392 g/mol. The number of rotatable bonds is 3. The largest absolute Gasteiger partial charge is 0.497 e. The Hall–Kier alpha value is -3.92. The standard InChI is InChI=1S/C24H22N4O3/c1-31-17-11-9-16(10-12-17)23(29)27-22-19-8-4-3-7-18(19)21(26-22)20(15-25)24(30)28-13-5-2-6-14-28/h3-4,7-12H,2,5-6,13-14H2,1H3,(H,26,27,29)/b21-20-. The second kappa shape index (κ2) is 8.84. The third kappa shape index (κ3) is 4.05. The van der Waals surface area contributed by atoms with E-state index in [1.54, 1.807) is 36.3 Å². The molecule has 1 N–H and O–H groups in total. The average Bonchev–Trinajstić information content (AvgIpc) is 3.18. The Bertz CT molecular complexity index is 1120. The van der Waals surface area contributed by atoms with Gasteiger partial charge in [0.1, 0.15) is 23.2 Å². The molecule has 2 aromatic rings. The minimum absolute atomic E-state index is 0.00282. The van der Waals surface area contributed by atoms with Gasteiger partial charge >= 0.3 is 0 Å². The predicted molar refractivity (Wildman–Crippen MR) is 116 cm³/mol. The fourth-order valence-corrected chi connectivity index (χ4v) is 3.79. The lowest BCUT2D eigenvalue weighted by Gasteiger charge is -2.26. The van der Waals surface area contributed by atoms with Crippen LogP contribution in [0.15, 0.2) is 59.1 Å². The lowest BCUT2D eigenvalue weighted by Crippen LogP contribution is -2.36. The number of nitriles is 1. The van der Waals surface area contributed by atoms with Gasteiger partial charge in [0.15, 0.2) is 0 Å². The minimum atomic E-state index is -0.335. The molecule has 2 amide bonds. The molecule has 31 heavy (non-hydrogen) atoms. The van der Waals surface area contributed by atoms with Gasteiger partial charge in [-0.3, -0.25) is 9.59 Å². The van der Waals surface area contributed by atoms with Crippen LogP contribution < -0.4 is 10.1 Å². The summed E-state index contributed by atoms with van der Waals surface area (Å²) >= 11 is 0. The molecule has 2 heterocycles. The molecule has 7 nitrogen and oxygen atoms in total. The van der Waals surface area contributed by atoms with Crippen LogP contribution in [0.4, 0.5) is 0 Å². The summed E-state index contributed by atoms with van der Waals surface area (Å²) in [5.74, 6) is 0.336. The first kappa shape index (κ1) is 20.4. The second-order valence-electron chi connectivity index (χ2n) is 7.38. The van der Waals surface area contributed by atoms with E-state index >= 15 is 0 Å². The van der Waals surface area contributed by atoms with Gasteiger partial charge in [-0.1, -0.05) is 24.3 Å². The summed E-state index contributed by atoms with van der Waals surface area (Å²) in [6, 6.07) is 16.1. The second-order valence-corrected chi connectivity index (χ2v) is 7.38. The van der Waals surface area contributed by atoms with Crippen molar-refractivity contribution in [3.8, 4) is 11.8 Å². The molecule has 2 aliphatic rings. The molecule has 0 atom stereocenters. The number of likely N-dealkylation sites (tertiary alicyclic amines) is 1. The minimum Gasteiger partial charge on any atom is -0.497 e. The van der Waals surface area contributed by atoms with Crippen LogP contribution in [-0.2, 0) is 4.79 Å². The summed E-state index contributed by atoms with van der Waals surface area (Å²) in [5.41, 5.74) is 2.10. The van der Waals surface area contributed by atoms with Crippen LogP contribution in [-0.4, -0.2) is 42.7 Å². The zero-order valence-electron chi connectivity index (χ0n) is 17.2. The summed E-state index contributed by atoms with van der Waals surface area (Å²) in [5, 5.41) is 12.6. The highest BCUT2D eigenvalue weighted by Crippen LogP contribution is 2.31. The van der Waals surface area contributed by atoms with Crippen LogP contribution >= 0.6 is 0 Å². The van der Waals surface area contributed by atoms with Gasteiger partial charge in [-0.2, -0.15) is 5.26 Å². The number of fused-ring (bicyclic) bond motifs is 1. The number of hydrogen-bond acceptors (Lipinski definition) is 5. The van der Waals surface area contributed by atoms with Crippen molar-refractivity contribution in [2.75, 3.05) is 20.2 Å². The summed E-state index contributed by atoms with van der Waals surface area (Å²) < 4.78 is 5.13. The molecule has 156 valence electrons. The van der Waals surface area contributed by atoms with Crippen LogP contribution in [0.1, 0.15) is 40.7 Å². The Labute approximate surface area is 180 Å². The highest BCUT2D eigenvalue weighted by molar-refractivity contribution is 6.20. The third-order valence-electron chi connectivity index (χ3n) is 5.45. The molecule has 0 unspecified atom stereocenters. The number of piperidine rings is 1. The summed E-state index contributed by atoms with van der Waals surface area (Å²) in [4.78, 5) is 32.0. The number of methoxy groups -OCH3 is 1. The van der Waals surface area contributed by atoms with Crippen molar-refractivity contribution in [2.24, 2.45) is 4.99 Å². The van der Waals surface area contributed by atoms with E-state index < -0.39 is 0 Å². The zero-order chi connectivity index (χ0) is 21.8. The number of ether oxygens (including phenoxy) is 1. The average molecular weight is 414 g/mol. The highest BCUT2D eigenvalue weighted by Gasteiger charge is 2.29. The zero-order valence-corrected chi connectivity index (χ0v) is 17.2. The molecular formula is C24H22N4O3. The van der Waals surface area contributed by atoms with Crippen molar-refractivity contribution < 1.29 is 14.3 Å². The number of aliphatic imine (C=N–C) groups is 1. The van der Waals surface area contributed by atoms with E-state index in [-0.39, 0.29) is 17.4 Å². The van der Waals surface area contributed by atoms with E-state index in [2.05, 4.69) is 16.4 Å². The molecule has 1 saturated heterocycles. The smallest absolute Gasteiger partial charge is 0.266 e. The molecule has 0 saturated carbocycles. The molecule has 0 spiro atoms. The van der Waals surface area contributed by atoms with Crippen molar-refractivity contribution >= 4 is 23.3 Å². The van der Waals surface area contributed by atoms with E-state index in [0.717, 1.165) is 19.3 Å². The summed E-state index contributed by atoms with van der Waals surface area (Å²) in [7, 11) is 1.56. The SMILES string of the molecule is COc1ccc(C(=O)NC2=N/C(=C(/C#N)C(=O)N3CCCCC3)c3ccccc32)cc1. The van der Waals surface area contributed by atoms with Gasteiger partial charge in [-0.25, -0.2) is 4.99 Å². The third-order valence-corrected chi connectivity index (χ3v) is 5.45. The van der Waals surface area contributed by atoms with E-state index in [4.69, 9.17) is 4.74 Å². The fourth-order valence-electron chi connectivity index (χ4n) is 3.79. The number of amides is 2. The van der Waals surface area contributed by atoms with Gasteiger partial charge < -0.3 is 15.0 Å². The Morgan fingerprint density at radius 1 is 1.03 bits per heavy atom. The van der Waals surface area contributed by atoms with Gasteiger partial charge in [0.05, 0.1) is 12.8 Å². The number of carbonyl (C=O) groups is 2. The Morgan fingerprint density at radius 2 is 1.71 bits per heavy atom. The lowest BCUT2D eigenvalue weighted by molar-refractivity contribution is -0.127. The number of nitrogens with zero attached hydrogens (tertiary/aromatic N) is 3. The van der Waals surface area contributed by atoms with Gasteiger partial charge in [-0.15, -0.1) is 0 Å². The Morgan fingerprint density at radius 3 is 2.35 bits per heavy atom. The van der Waals surface area contributed by atoms with Crippen LogP contribution in [0.2, 0.25) is 0 Å². The Kier molecular flexibility index (Phi) is 5.80. The number of carbonyl (C=O) groups excluding carboxylic acids is 2. The molecule has 2 aromatic carbocycles. The topological polar surface area (TPSA) is 94.8 Å². The maximum absolute atomic E-state index is 13.0. The van der Waals surface area contributed by atoms with Crippen molar-refractivity contribution in [1.82, 2.24) is 10.2 Å². The van der Waals surface area contributed by atoms with E-state index in [1.165, 1.54) is 0 Å². The lowest BCUT2D eigenvalue weighted by atomic mass is 10.0. The van der Waals surface area contributed by atoms with Gasteiger partial charge in [0.25, 0.3) is 11.8 Å². The molecule has 2 aliphatic heterocycles. The molecule has 0 bridgehead atoms. The van der Waals surface area contributed by atoms with Gasteiger partial charge in [-0.05, 0) is 43.5 Å². The molecule has 0 radical (unpaired) electrons. The fraction of sp³-hybridized carbons (Fsp3) is 0.250. The van der Waals surface area contributed by atoms with E-state index in [9.17, 15) is 14.9 Å². The molecule has 1 fully saturated rings. The molecule has 7 heteroatoms. The number of benzene rings is 2.